The first-order valence-corrected chi connectivity index (χ1v) is 5.49. The van der Waals surface area contributed by atoms with Crippen molar-refractivity contribution in [3.05, 3.63) is 35.2 Å². The number of nitrogens with zero attached hydrogens (tertiary/aromatic N) is 1. The molecule has 0 N–H and O–H groups in total. The Morgan fingerprint density at radius 1 is 1.53 bits per heavy atom. The van der Waals surface area contributed by atoms with E-state index < -0.39 is 0 Å². The Labute approximate surface area is 91.0 Å². The van der Waals surface area contributed by atoms with E-state index in [-0.39, 0.29) is 0 Å². The molecule has 3 nitrogen and oxygen atoms in total. The third-order valence-electron chi connectivity index (χ3n) is 2.11. The fourth-order valence-corrected chi connectivity index (χ4v) is 2.24. The Kier molecular flexibility index (Phi) is 1.89. The molecule has 0 spiro atoms. The topological polar surface area (TPSA) is 34.6 Å². The largest absolute Gasteiger partial charge is 0.483 e. The lowest BCUT2D eigenvalue weighted by Crippen LogP contribution is -1.81. The molecule has 0 unspecified atom stereocenters. The number of thiazole rings is 1. The van der Waals surface area contributed by atoms with Crippen LogP contribution in [-0.4, -0.2) is 11.6 Å². The summed E-state index contributed by atoms with van der Waals surface area (Å²) in [6, 6.07) is 5.88. The first-order valence-electron chi connectivity index (χ1n) is 4.67. The summed E-state index contributed by atoms with van der Waals surface area (Å²) >= 11 is 1.64. The molecule has 15 heavy (non-hydrogen) atoms. The van der Waals surface area contributed by atoms with E-state index in [4.69, 9.17) is 9.47 Å². The third-order valence-corrected chi connectivity index (χ3v) is 3.12. The van der Waals surface area contributed by atoms with Gasteiger partial charge in [-0.25, -0.2) is 4.98 Å². The quantitative estimate of drug-likeness (QED) is 0.575. The van der Waals surface area contributed by atoms with Crippen LogP contribution in [0, 0.1) is 6.92 Å². The van der Waals surface area contributed by atoms with Crippen molar-refractivity contribution in [1.82, 2.24) is 4.98 Å². The van der Waals surface area contributed by atoms with Gasteiger partial charge in [-0.3, -0.25) is 0 Å². The molecule has 1 aliphatic heterocycles. The maximum Gasteiger partial charge on any atom is 0.169 e. The van der Waals surface area contributed by atoms with E-state index in [0.717, 1.165) is 26.7 Å². The fraction of sp³-hybridized carbons (Fsp3) is 0.182. The second-order valence-electron chi connectivity index (χ2n) is 3.33. The van der Waals surface area contributed by atoms with Crippen molar-refractivity contribution in [2.75, 3.05) is 6.61 Å². The standard InChI is InChI=1S/C11H9NO2S/c1-7-12-9-3-2-4-10(11(9)15-7)14-6-8-5-13-8/h2-4,6H,5H2,1H3. The van der Waals surface area contributed by atoms with Crippen molar-refractivity contribution in [2.24, 2.45) is 0 Å². The van der Waals surface area contributed by atoms with Crippen LogP contribution in [0.5, 0.6) is 5.75 Å². The molecule has 2 aromatic rings. The Balaban J connectivity index is 2.04. The maximum absolute atomic E-state index is 5.54. The predicted octanol–water partition coefficient (Wildman–Crippen LogP) is 2.86. The molecule has 0 radical (unpaired) electrons. The van der Waals surface area contributed by atoms with Crippen molar-refractivity contribution in [3.8, 4) is 5.75 Å². The van der Waals surface area contributed by atoms with E-state index in [1.165, 1.54) is 0 Å². The van der Waals surface area contributed by atoms with Crippen molar-refractivity contribution in [1.29, 1.82) is 0 Å². The highest BCUT2D eigenvalue weighted by atomic mass is 32.1. The highest BCUT2D eigenvalue weighted by Crippen LogP contribution is 2.31. The third kappa shape index (κ3) is 1.68. The number of benzene rings is 1. The molecule has 4 heteroatoms. The van der Waals surface area contributed by atoms with Gasteiger partial charge in [0.05, 0.1) is 15.2 Å². The molecule has 0 amide bonds. The number of fused-ring (bicyclic) bond motifs is 1. The molecule has 1 fully saturated rings. The molecule has 0 atom stereocenters. The van der Waals surface area contributed by atoms with Gasteiger partial charge in [0.1, 0.15) is 18.6 Å². The lowest BCUT2D eigenvalue weighted by atomic mass is 10.3. The van der Waals surface area contributed by atoms with E-state index in [9.17, 15) is 0 Å². The normalized spacial score (nSPS) is 16.7. The summed E-state index contributed by atoms with van der Waals surface area (Å²) in [7, 11) is 0. The Bertz CT molecular complexity index is 539. The molecule has 2 heterocycles. The second kappa shape index (κ2) is 3.24. The molecule has 1 aromatic heterocycles. The van der Waals surface area contributed by atoms with Crippen molar-refractivity contribution in [3.63, 3.8) is 0 Å². The molecule has 0 saturated carbocycles. The van der Waals surface area contributed by atoms with Crippen molar-refractivity contribution >= 4 is 21.6 Å². The number of aryl methyl sites for hydroxylation is 1. The second-order valence-corrected chi connectivity index (χ2v) is 4.53. The molecule has 0 bridgehead atoms. The lowest BCUT2D eigenvalue weighted by Gasteiger charge is -1.98. The number of epoxide rings is 1. The fourth-order valence-electron chi connectivity index (χ4n) is 1.37. The van der Waals surface area contributed by atoms with Crippen LogP contribution < -0.4 is 4.74 Å². The van der Waals surface area contributed by atoms with Crippen LogP contribution >= 0.6 is 11.3 Å². The molecule has 1 aliphatic rings. The van der Waals surface area contributed by atoms with E-state index in [1.807, 2.05) is 25.1 Å². The van der Waals surface area contributed by atoms with Crippen molar-refractivity contribution in [2.45, 2.75) is 6.92 Å². The zero-order valence-corrected chi connectivity index (χ0v) is 9.00. The minimum Gasteiger partial charge on any atom is -0.483 e. The Morgan fingerprint density at radius 2 is 2.40 bits per heavy atom. The number of ether oxygens (including phenoxy) is 2. The molecule has 1 aromatic carbocycles. The molecule has 0 aliphatic carbocycles. The average Bonchev–Trinajstić information content (AvgIpc) is 2.96. The van der Waals surface area contributed by atoms with Gasteiger partial charge in [-0.05, 0) is 19.1 Å². The van der Waals surface area contributed by atoms with Gasteiger partial charge in [0.15, 0.2) is 5.76 Å². The van der Waals surface area contributed by atoms with Gasteiger partial charge in [-0.15, -0.1) is 11.3 Å². The summed E-state index contributed by atoms with van der Waals surface area (Å²) in [5.74, 6) is 1.74. The maximum atomic E-state index is 5.54. The predicted molar refractivity (Wildman–Crippen MR) is 59.0 cm³/mol. The van der Waals surface area contributed by atoms with E-state index in [0.29, 0.717) is 6.61 Å². The number of rotatable bonds is 2. The smallest absolute Gasteiger partial charge is 0.169 e. The van der Waals surface area contributed by atoms with Crippen LogP contribution in [-0.2, 0) is 4.74 Å². The van der Waals surface area contributed by atoms with E-state index in [2.05, 4.69) is 4.98 Å². The number of hydrogen-bond acceptors (Lipinski definition) is 4. The summed E-state index contributed by atoms with van der Waals surface area (Å²) in [5, 5.41) is 1.05. The van der Waals surface area contributed by atoms with E-state index in [1.54, 1.807) is 17.6 Å². The molecule has 1 saturated heterocycles. The average molecular weight is 219 g/mol. The van der Waals surface area contributed by atoms with Crippen LogP contribution in [0.25, 0.3) is 10.2 Å². The van der Waals surface area contributed by atoms with Crippen LogP contribution in [0.3, 0.4) is 0 Å². The summed E-state index contributed by atoms with van der Waals surface area (Å²) in [6.07, 6.45) is 1.66. The van der Waals surface area contributed by atoms with Crippen molar-refractivity contribution < 1.29 is 9.47 Å². The molecular formula is C11H9NO2S. The molecular weight excluding hydrogens is 210 g/mol. The van der Waals surface area contributed by atoms with Gasteiger partial charge in [0.25, 0.3) is 0 Å². The lowest BCUT2D eigenvalue weighted by molar-refractivity contribution is 0.454. The minimum atomic E-state index is 0.692. The van der Waals surface area contributed by atoms with Crippen LogP contribution in [0.1, 0.15) is 5.01 Å². The summed E-state index contributed by atoms with van der Waals surface area (Å²) < 4.78 is 11.6. The van der Waals surface area contributed by atoms with Gasteiger partial charge in [-0.1, -0.05) is 6.07 Å². The van der Waals surface area contributed by atoms with Gasteiger partial charge in [0.2, 0.25) is 0 Å². The minimum absolute atomic E-state index is 0.692. The highest BCUT2D eigenvalue weighted by molar-refractivity contribution is 7.18. The SMILES string of the molecule is Cc1nc2cccc(OC=C3CO3)c2s1. The monoisotopic (exact) mass is 219 g/mol. The van der Waals surface area contributed by atoms with Gasteiger partial charge in [0, 0.05) is 0 Å². The van der Waals surface area contributed by atoms with Gasteiger partial charge >= 0.3 is 0 Å². The zero-order chi connectivity index (χ0) is 10.3. The van der Waals surface area contributed by atoms with Crippen LogP contribution in [0.15, 0.2) is 30.2 Å². The summed E-state index contributed by atoms with van der Waals surface area (Å²) in [5.41, 5.74) is 0.991. The first-order chi connectivity index (χ1) is 7.33. The first kappa shape index (κ1) is 8.73. The summed E-state index contributed by atoms with van der Waals surface area (Å²) in [6.45, 7) is 2.69. The number of aromatic nitrogens is 1. The highest BCUT2D eigenvalue weighted by Gasteiger charge is 2.14. The van der Waals surface area contributed by atoms with Crippen LogP contribution in [0.4, 0.5) is 0 Å². The molecule has 3 rings (SSSR count). The Morgan fingerprint density at radius 3 is 3.20 bits per heavy atom. The van der Waals surface area contributed by atoms with E-state index >= 15 is 0 Å². The molecule has 76 valence electrons. The van der Waals surface area contributed by atoms with Gasteiger partial charge in [-0.2, -0.15) is 0 Å². The Hall–Kier alpha value is -1.55. The zero-order valence-electron chi connectivity index (χ0n) is 8.19. The summed E-state index contributed by atoms with van der Waals surface area (Å²) in [4.78, 5) is 4.40. The number of hydrogen-bond donors (Lipinski definition) is 0. The van der Waals surface area contributed by atoms with Crippen LogP contribution in [0.2, 0.25) is 0 Å². The van der Waals surface area contributed by atoms with Gasteiger partial charge < -0.3 is 9.47 Å².